The van der Waals surface area contributed by atoms with Crippen LogP contribution in [0.2, 0.25) is 0 Å². The second-order valence-electron chi connectivity index (χ2n) is 7.89. The summed E-state index contributed by atoms with van der Waals surface area (Å²) in [4.78, 5) is 38.0. The third kappa shape index (κ3) is 5.66. The van der Waals surface area contributed by atoms with E-state index in [2.05, 4.69) is 21.0 Å². The van der Waals surface area contributed by atoms with E-state index in [1.165, 1.54) is 4.68 Å². The first kappa shape index (κ1) is 23.5. The first-order valence-corrected chi connectivity index (χ1v) is 11.0. The molecule has 4 rings (SSSR count). The fourth-order valence-corrected chi connectivity index (χ4v) is 3.52. The third-order valence-corrected chi connectivity index (χ3v) is 5.30. The van der Waals surface area contributed by atoms with Crippen LogP contribution in [-0.4, -0.2) is 33.4 Å². The maximum Gasteiger partial charge on any atom is 0.323 e. The minimum atomic E-state index is -0.515. The van der Waals surface area contributed by atoms with Gasteiger partial charge in [0.2, 0.25) is 0 Å². The Kier molecular flexibility index (Phi) is 7.08. The number of amides is 3. The molecule has 1 heterocycles. The van der Waals surface area contributed by atoms with Gasteiger partial charge in [0.15, 0.2) is 0 Å². The SMILES string of the molecule is Cc1ccc(-n2[nH]c(C(=O)Nc3ccc(NC(=O)Nc4ccccc4)cc3)c(CCO)c2=O)cc1. The van der Waals surface area contributed by atoms with E-state index < -0.39 is 17.5 Å². The molecule has 0 radical (unpaired) electrons. The van der Waals surface area contributed by atoms with E-state index in [1.54, 1.807) is 48.5 Å². The van der Waals surface area contributed by atoms with Gasteiger partial charge in [-0.2, -0.15) is 0 Å². The van der Waals surface area contributed by atoms with E-state index in [4.69, 9.17) is 0 Å². The zero-order valence-corrected chi connectivity index (χ0v) is 19.0. The van der Waals surface area contributed by atoms with Gasteiger partial charge in [-0.05, 0) is 55.5 Å². The molecule has 0 fully saturated rings. The summed E-state index contributed by atoms with van der Waals surface area (Å²) in [6.07, 6.45) is 0.0380. The highest BCUT2D eigenvalue weighted by molar-refractivity contribution is 6.04. The Morgan fingerprint density at radius 1 is 0.829 bits per heavy atom. The first-order chi connectivity index (χ1) is 16.9. The van der Waals surface area contributed by atoms with Gasteiger partial charge >= 0.3 is 6.03 Å². The second kappa shape index (κ2) is 10.5. The number of aliphatic hydroxyl groups excluding tert-OH is 1. The summed E-state index contributed by atoms with van der Waals surface area (Å²) in [5.41, 5.74) is 3.19. The average Bonchev–Trinajstić information content (AvgIpc) is 3.18. The molecule has 0 spiro atoms. The molecule has 4 aromatic rings. The van der Waals surface area contributed by atoms with Crippen LogP contribution in [0.5, 0.6) is 0 Å². The minimum absolute atomic E-state index is 0.0380. The number of urea groups is 1. The van der Waals surface area contributed by atoms with E-state index in [9.17, 15) is 19.5 Å². The number of aromatic nitrogens is 2. The molecule has 3 amide bonds. The molecular formula is C26H25N5O4. The molecule has 35 heavy (non-hydrogen) atoms. The molecule has 9 heteroatoms. The standard InChI is InChI=1S/C26H25N5O4/c1-17-7-13-21(14-8-17)31-25(34)22(15-16-32)23(30-31)24(33)27-19-9-11-20(12-10-19)29-26(35)28-18-5-3-2-4-6-18/h2-14,30,32H,15-16H2,1H3,(H,27,33)(H2,28,29,35). The molecule has 0 aliphatic rings. The van der Waals surface area contributed by atoms with Crippen molar-refractivity contribution in [1.82, 2.24) is 9.78 Å². The number of hydrogen-bond acceptors (Lipinski definition) is 4. The van der Waals surface area contributed by atoms with Crippen LogP contribution in [0.3, 0.4) is 0 Å². The Balaban J connectivity index is 1.47. The average molecular weight is 472 g/mol. The molecule has 178 valence electrons. The van der Waals surface area contributed by atoms with E-state index in [-0.39, 0.29) is 24.3 Å². The van der Waals surface area contributed by atoms with Crippen LogP contribution in [0.15, 0.2) is 83.7 Å². The van der Waals surface area contributed by atoms with Gasteiger partial charge in [0.25, 0.3) is 11.5 Å². The third-order valence-electron chi connectivity index (χ3n) is 5.30. The van der Waals surface area contributed by atoms with Gasteiger partial charge in [-0.15, -0.1) is 0 Å². The molecule has 5 N–H and O–H groups in total. The van der Waals surface area contributed by atoms with Crippen LogP contribution < -0.4 is 21.5 Å². The maximum absolute atomic E-state index is 13.0. The lowest BCUT2D eigenvalue weighted by atomic mass is 10.1. The van der Waals surface area contributed by atoms with Crippen molar-refractivity contribution in [2.75, 3.05) is 22.6 Å². The number of aliphatic hydroxyl groups is 1. The highest BCUT2D eigenvalue weighted by Gasteiger charge is 2.20. The lowest BCUT2D eigenvalue weighted by Gasteiger charge is -2.09. The summed E-state index contributed by atoms with van der Waals surface area (Å²) in [5.74, 6) is -0.515. The number of nitrogens with one attached hydrogen (secondary N) is 4. The van der Waals surface area contributed by atoms with Crippen molar-refractivity contribution in [2.24, 2.45) is 0 Å². The molecule has 1 aromatic heterocycles. The number of carbonyl (C=O) groups excluding carboxylic acids is 2. The normalized spacial score (nSPS) is 10.6. The number of aromatic amines is 1. The van der Waals surface area contributed by atoms with Crippen molar-refractivity contribution in [1.29, 1.82) is 0 Å². The van der Waals surface area contributed by atoms with Crippen LogP contribution in [0.25, 0.3) is 5.69 Å². The number of carbonyl (C=O) groups is 2. The quantitative estimate of drug-likeness (QED) is 0.280. The number of anilines is 3. The zero-order chi connectivity index (χ0) is 24.8. The largest absolute Gasteiger partial charge is 0.396 e. The fraction of sp³-hybridized carbons (Fsp3) is 0.115. The van der Waals surface area contributed by atoms with Gasteiger partial charge in [-0.25, -0.2) is 9.48 Å². The number of benzene rings is 3. The van der Waals surface area contributed by atoms with Crippen molar-refractivity contribution in [3.05, 3.63) is 106 Å². The number of H-pyrrole nitrogens is 1. The lowest BCUT2D eigenvalue weighted by Crippen LogP contribution is -2.19. The van der Waals surface area contributed by atoms with E-state index in [0.717, 1.165) is 5.56 Å². The topological polar surface area (TPSA) is 128 Å². The van der Waals surface area contributed by atoms with Gasteiger partial charge in [0.1, 0.15) is 5.69 Å². The zero-order valence-electron chi connectivity index (χ0n) is 19.0. The molecule has 0 aliphatic heterocycles. The molecule has 0 bridgehead atoms. The molecule has 0 saturated heterocycles. The molecule has 0 unspecified atom stereocenters. The van der Waals surface area contributed by atoms with Crippen LogP contribution in [-0.2, 0) is 6.42 Å². The number of nitrogens with zero attached hydrogens (tertiary/aromatic N) is 1. The van der Waals surface area contributed by atoms with E-state index in [1.807, 2.05) is 37.3 Å². The van der Waals surface area contributed by atoms with Gasteiger partial charge in [0.05, 0.1) is 11.3 Å². The number of hydrogen-bond donors (Lipinski definition) is 5. The van der Waals surface area contributed by atoms with Gasteiger partial charge in [-0.3, -0.25) is 14.7 Å². The van der Waals surface area contributed by atoms with E-state index >= 15 is 0 Å². The number of para-hydroxylation sites is 1. The Labute approximate surface area is 201 Å². The van der Waals surface area contributed by atoms with Crippen molar-refractivity contribution < 1.29 is 14.7 Å². The Hall–Kier alpha value is -4.63. The second-order valence-corrected chi connectivity index (χ2v) is 7.89. The van der Waals surface area contributed by atoms with Gasteiger partial charge in [-0.1, -0.05) is 35.9 Å². The summed E-state index contributed by atoms with van der Waals surface area (Å²) in [6, 6.07) is 22.5. The molecule has 9 nitrogen and oxygen atoms in total. The predicted octanol–water partition coefficient (Wildman–Crippen LogP) is 3.91. The van der Waals surface area contributed by atoms with E-state index in [0.29, 0.717) is 22.7 Å². The molecule has 0 saturated carbocycles. The fourth-order valence-electron chi connectivity index (χ4n) is 3.52. The Bertz CT molecular complexity index is 1370. The minimum Gasteiger partial charge on any atom is -0.396 e. The monoisotopic (exact) mass is 471 g/mol. The Morgan fingerprint density at radius 2 is 1.40 bits per heavy atom. The van der Waals surface area contributed by atoms with Crippen LogP contribution in [0.4, 0.5) is 21.9 Å². The highest BCUT2D eigenvalue weighted by atomic mass is 16.3. The number of aryl methyl sites for hydroxylation is 1. The van der Waals surface area contributed by atoms with Crippen LogP contribution in [0, 0.1) is 6.92 Å². The smallest absolute Gasteiger partial charge is 0.323 e. The first-order valence-electron chi connectivity index (χ1n) is 11.0. The summed E-state index contributed by atoms with van der Waals surface area (Å²) < 4.78 is 1.29. The lowest BCUT2D eigenvalue weighted by molar-refractivity contribution is 0.102. The molecule has 0 aliphatic carbocycles. The molecule has 3 aromatic carbocycles. The molecule has 0 atom stereocenters. The van der Waals surface area contributed by atoms with Crippen molar-refractivity contribution in [3.8, 4) is 5.69 Å². The van der Waals surface area contributed by atoms with Crippen molar-refractivity contribution in [3.63, 3.8) is 0 Å². The predicted molar refractivity (Wildman–Crippen MR) is 135 cm³/mol. The summed E-state index contributed by atoms with van der Waals surface area (Å²) in [5, 5.41) is 20.5. The number of rotatable bonds is 7. The van der Waals surface area contributed by atoms with Crippen LogP contribution in [0.1, 0.15) is 21.6 Å². The van der Waals surface area contributed by atoms with Gasteiger partial charge < -0.3 is 21.1 Å². The van der Waals surface area contributed by atoms with Crippen LogP contribution >= 0.6 is 0 Å². The summed E-state index contributed by atoms with van der Waals surface area (Å²) in [6.45, 7) is 1.67. The molecular weight excluding hydrogens is 446 g/mol. The summed E-state index contributed by atoms with van der Waals surface area (Å²) >= 11 is 0. The Morgan fingerprint density at radius 3 is 2.00 bits per heavy atom. The highest BCUT2D eigenvalue weighted by Crippen LogP contribution is 2.17. The van der Waals surface area contributed by atoms with Crippen molar-refractivity contribution >= 4 is 29.0 Å². The summed E-state index contributed by atoms with van der Waals surface area (Å²) in [7, 11) is 0. The van der Waals surface area contributed by atoms with Gasteiger partial charge in [0, 0.05) is 30.1 Å². The maximum atomic E-state index is 13.0. The van der Waals surface area contributed by atoms with Crippen molar-refractivity contribution in [2.45, 2.75) is 13.3 Å².